The quantitative estimate of drug-likeness (QED) is 0.765. The lowest BCUT2D eigenvalue weighted by Crippen LogP contribution is -2.14. The molecule has 1 nitrogen and oxygen atoms in total. The van der Waals surface area contributed by atoms with Crippen molar-refractivity contribution in [1.82, 2.24) is 0 Å². The summed E-state index contributed by atoms with van der Waals surface area (Å²) in [6.07, 6.45) is 3.19. The topological polar surface area (TPSA) is 20.2 Å². The van der Waals surface area contributed by atoms with E-state index in [0.717, 1.165) is 12.8 Å². The molecule has 1 aromatic carbocycles. The molecule has 1 heterocycles. The Morgan fingerprint density at radius 3 is 2.71 bits per heavy atom. The van der Waals surface area contributed by atoms with E-state index in [1.807, 2.05) is 30.0 Å². The molecular weight excluding hydrogens is 192 g/mol. The zero-order valence-electron chi connectivity index (χ0n) is 8.23. The summed E-state index contributed by atoms with van der Waals surface area (Å²) in [5.74, 6) is 1.18. The van der Waals surface area contributed by atoms with Crippen LogP contribution in [0.5, 0.6) is 0 Å². The van der Waals surface area contributed by atoms with Gasteiger partial charge in [0.1, 0.15) is 0 Å². The highest BCUT2D eigenvalue weighted by Gasteiger charge is 2.23. The van der Waals surface area contributed by atoms with Crippen molar-refractivity contribution in [3.63, 3.8) is 0 Å². The number of aliphatic hydroxyl groups excluding tert-OH is 1. The number of rotatable bonds is 1. The van der Waals surface area contributed by atoms with Gasteiger partial charge in [-0.25, -0.2) is 0 Å². The summed E-state index contributed by atoms with van der Waals surface area (Å²) in [6, 6.07) is 10.4. The van der Waals surface area contributed by atoms with Gasteiger partial charge in [0.25, 0.3) is 0 Å². The molecule has 0 amide bonds. The minimum absolute atomic E-state index is 0.162. The van der Waals surface area contributed by atoms with Crippen LogP contribution >= 0.6 is 11.8 Å². The van der Waals surface area contributed by atoms with Gasteiger partial charge in [-0.3, -0.25) is 0 Å². The lowest BCUT2D eigenvalue weighted by atomic mass is 10.0. The van der Waals surface area contributed by atoms with Crippen LogP contribution in [0.2, 0.25) is 0 Å². The Balaban J connectivity index is 2.15. The van der Waals surface area contributed by atoms with Gasteiger partial charge in [0.2, 0.25) is 0 Å². The first kappa shape index (κ1) is 10.1. The van der Waals surface area contributed by atoms with E-state index in [9.17, 15) is 5.11 Å². The molecule has 2 rings (SSSR count). The fourth-order valence-electron chi connectivity index (χ4n) is 1.89. The maximum atomic E-state index is 9.98. The zero-order valence-corrected chi connectivity index (χ0v) is 9.04. The monoisotopic (exact) mass is 208 g/mol. The zero-order chi connectivity index (χ0) is 9.80. The molecule has 1 saturated heterocycles. The first-order chi connectivity index (χ1) is 6.88. The van der Waals surface area contributed by atoms with Crippen LogP contribution in [0.4, 0.5) is 0 Å². The molecule has 1 N–H and O–H groups in total. The van der Waals surface area contributed by atoms with E-state index in [1.165, 1.54) is 17.7 Å². The molecule has 1 aromatic rings. The summed E-state index contributed by atoms with van der Waals surface area (Å²) in [5.41, 5.74) is 1.27. The second-order valence-corrected chi connectivity index (χ2v) is 5.01. The molecule has 0 bridgehead atoms. The van der Waals surface area contributed by atoms with Gasteiger partial charge in [0.15, 0.2) is 0 Å². The molecule has 2 unspecified atom stereocenters. The van der Waals surface area contributed by atoms with Crippen LogP contribution in [0.25, 0.3) is 0 Å². The minimum Gasteiger partial charge on any atom is -0.392 e. The van der Waals surface area contributed by atoms with Crippen LogP contribution in [-0.4, -0.2) is 17.0 Å². The Morgan fingerprint density at radius 1 is 1.14 bits per heavy atom. The van der Waals surface area contributed by atoms with E-state index >= 15 is 0 Å². The van der Waals surface area contributed by atoms with Crippen molar-refractivity contribution in [2.75, 3.05) is 5.75 Å². The number of aliphatic hydroxyl groups is 1. The number of thioether (sulfide) groups is 1. The second kappa shape index (κ2) is 4.85. The van der Waals surface area contributed by atoms with Crippen molar-refractivity contribution < 1.29 is 5.11 Å². The molecular formula is C12H16OS. The van der Waals surface area contributed by atoms with Crippen molar-refractivity contribution in [2.24, 2.45) is 0 Å². The van der Waals surface area contributed by atoms with Crippen molar-refractivity contribution in [2.45, 2.75) is 30.6 Å². The van der Waals surface area contributed by atoms with Gasteiger partial charge in [-0.1, -0.05) is 36.8 Å². The SMILES string of the molecule is OC1CCCCSC1c1ccccc1. The molecule has 2 atom stereocenters. The summed E-state index contributed by atoms with van der Waals surface area (Å²) in [4.78, 5) is 0. The molecule has 2 heteroatoms. The van der Waals surface area contributed by atoms with Crippen LogP contribution in [0.1, 0.15) is 30.1 Å². The summed E-state index contributed by atoms with van der Waals surface area (Å²) < 4.78 is 0. The lowest BCUT2D eigenvalue weighted by molar-refractivity contribution is 0.161. The Hall–Kier alpha value is -0.470. The molecule has 0 spiro atoms. The van der Waals surface area contributed by atoms with Gasteiger partial charge in [-0.15, -0.1) is 0 Å². The fraction of sp³-hybridized carbons (Fsp3) is 0.500. The standard InChI is InChI=1S/C12H16OS/c13-11-8-4-5-9-14-12(11)10-6-2-1-3-7-10/h1-3,6-7,11-13H,4-5,8-9H2. The summed E-state index contributed by atoms with van der Waals surface area (Å²) in [7, 11) is 0. The summed E-state index contributed by atoms with van der Waals surface area (Å²) in [5, 5.41) is 10.3. The van der Waals surface area contributed by atoms with Crippen LogP contribution in [0, 0.1) is 0 Å². The highest BCUT2D eigenvalue weighted by molar-refractivity contribution is 7.99. The smallest absolute Gasteiger partial charge is 0.0699 e. The minimum atomic E-state index is -0.162. The molecule has 0 radical (unpaired) electrons. The van der Waals surface area contributed by atoms with Crippen molar-refractivity contribution in [3.05, 3.63) is 35.9 Å². The second-order valence-electron chi connectivity index (χ2n) is 3.77. The molecule has 0 saturated carbocycles. The van der Waals surface area contributed by atoms with Crippen LogP contribution < -0.4 is 0 Å². The lowest BCUT2D eigenvalue weighted by Gasteiger charge is -2.19. The van der Waals surface area contributed by atoms with E-state index in [-0.39, 0.29) is 6.10 Å². The van der Waals surface area contributed by atoms with E-state index in [4.69, 9.17) is 0 Å². The van der Waals surface area contributed by atoms with Crippen LogP contribution in [0.15, 0.2) is 30.3 Å². The van der Waals surface area contributed by atoms with Crippen molar-refractivity contribution >= 4 is 11.8 Å². The average Bonchev–Trinajstić information content (AvgIpc) is 2.44. The summed E-state index contributed by atoms with van der Waals surface area (Å²) in [6.45, 7) is 0. The molecule has 76 valence electrons. The van der Waals surface area contributed by atoms with Crippen molar-refractivity contribution in [1.29, 1.82) is 0 Å². The van der Waals surface area contributed by atoms with Crippen molar-refractivity contribution in [3.8, 4) is 0 Å². The number of hydrogen-bond acceptors (Lipinski definition) is 2. The highest BCUT2D eigenvalue weighted by atomic mass is 32.2. The first-order valence-electron chi connectivity index (χ1n) is 5.22. The van der Waals surface area contributed by atoms with Crippen LogP contribution in [0.3, 0.4) is 0 Å². The van der Waals surface area contributed by atoms with Gasteiger partial charge in [-0.2, -0.15) is 11.8 Å². The Morgan fingerprint density at radius 2 is 1.93 bits per heavy atom. The number of benzene rings is 1. The maximum Gasteiger partial charge on any atom is 0.0699 e. The average molecular weight is 208 g/mol. The third-order valence-corrected chi connectivity index (χ3v) is 4.14. The Kier molecular flexibility index (Phi) is 3.49. The highest BCUT2D eigenvalue weighted by Crippen LogP contribution is 2.37. The predicted octanol–water partition coefficient (Wildman–Crippen LogP) is 3.01. The van der Waals surface area contributed by atoms with E-state index in [1.54, 1.807) is 0 Å². The van der Waals surface area contributed by atoms with Gasteiger partial charge < -0.3 is 5.11 Å². The first-order valence-corrected chi connectivity index (χ1v) is 6.27. The molecule has 14 heavy (non-hydrogen) atoms. The van der Waals surface area contributed by atoms with Gasteiger partial charge >= 0.3 is 0 Å². The van der Waals surface area contributed by atoms with Gasteiger partial charge in [0.05, 0.1) is 11.4 Å². The van der Waals surface area contributed by atoms with E-state index in [0.29, 0.717) is 5.25 Å². The third kappa shape index (κ3) is 2.31. The molecule has 1 aliphatic heterocycles. The maximum absolute atomic E-state index is 9.98. The molecule has 1 fully saturated rings. The largest absolute Gasteiger partial charge is 0.392 e. The molecule has 1 aliphatic rings. The summed E-state index contributed by atoms with van der Waals surface area (Å²) >= 11 is 1.90. The van der Waals surface area contributed by atoms with E-state index < -0.39 is 0 Å². The third-order valence-electron chi connectivity index (χ3n) is 2.67. The van der Waals surface area contributed by atoms with E-state index in [2.05, 4.69) is 12.1 Å². The Labute approximate surface area is 89.5 Å². The predicted molar refractivity (Wildman–Crippen MR) is 61.5 cm³/mol. The fourth-order valence-corrected chi connectivity index (χ4v) is 3.22. The van der Waals surface area contributed by atoms with Crippen LogP contribution in [-0.2, 0) is 0 Å². The molecule has 0 aromatic heterocycles. The normalized spacial score (nSPS) is 28.4. The molecule has 0 aliphatic carbocycles. The van der Waals surface area contributed by atoms with Gasteiger partial charge in [0, 0.05) is 0 Å². The van der Waals surface area contributed by atoms with Gasteiger partial charge in [-0.05, 0) is 24.2 Å². The Bertz CT molecular complexity index is 273. The number of hydrogen-bond donors (Lipinski definition) is 1.